The van der Waals surface area contributed by atoms with E-state index in [9.17, 15) is 9.18 Å². The number of nitrogens with two attached hydrogens (primary N) is 1. The number of carboxylic acids is 1. The van der Waals surface area contributed by atoms with Crippen molar-refractivity contribution in [2.24, 2.45) is 5.73 Å². The Morgan fingerprint density at radius 3 is 2.93 bits per heavy atom. The minimum absolute atomic E-state index is 0.358. The maximum atomic E-state index is 13.4. The van der Waals surface area contributed by atoms with E-state index in [0.29, 0.717) is 30.4 Å². The van der Waals surface area contributed by atoms with Crippen molar-refractivity contribution in [3.8, 4) is 0 Å². The van der Waals surface area contributed by atoms with E-state index >= 15 is 0 Å². The SMILES string of the molecule is NC1(C(=O)O)CCCc2c(F)cccc21. The average Bonchev–Trinajstić information content (AvgIpc) is 2.20. The summed E-state index contributed by atoms with van der Waals surface area (Å²) in [5.41, 5.74) is 5.27. The van der Waals surface area contributed by atoms with E-state index < -0.39 is 11.5 Å². The zero-order valence-electron chi connectivity index (χ0n) is 8.16. The molecule has 80 valence electrons. The van der Waals surface area contributed by atoms with Gasteiger partial charge in [0.25, 0.3) is 0 Å². The van der Waals surface area contributed by atoms with Crippen LogP contribution in [0.1, 0.15) is 24.0 Å². The minimum Gasteiger partial charge on any atom is -0.480 e. The van der Waals surface area contributed by atoms with Crippen LogP contribution in [-0.2, 0) is 16.8 Å². The number of aliphatic carboxylic acids is 1. The molecule has 1 unspecified atom stereocenters. The quantitative estimate of drug-likeness (QED) is 0.734. The van der Waals surface area contributed by atoms with Gasteiger partial charge in [-0.25, -0.2) is 9.18 Å². The predicted octanol–water partition coefficient (Wildman–Crippen LogP) is 1.40. The lowest BCUT2D eigenvalue weighted by molar-refractivity contribution is -0.144. The van der Waals surface area contributed by atoms with E-state index in [1.807, 2.05) is 0 Å². The molecule has 0 spiro atoms. The highest BCUT2D eigenvalue weighted by atomic mass is 19.1. The van der Waals surface area contributed by atoms with Crippen molar-refractivity contribution in [2.45, 2.75) is 24.8 Å². The molecule has 0 bridgehead atoms. The third-order valence-electron chi connectivity index (χ3n) is 2.98. The van der Waals surface area contributed by atoms with Crippen LogP contribution in [0, 0.1) is 5.82 Å². The number of fused-ring (bicyclic) bond motifs is 1. The van der Waals surface area contributed by atoms with Gasteiger partial charge in [-0.1, -0.05) is 12.1 Å². The maximum Gasteiger partial charge on any atom is 0.328 e. The Bertz CT molecular complexity index is 419. The molecule has 3 N–H and O–H groups in total. The highest BCUT2D eigenvalue weighted by molar-refractivity contribution is 5.81. The molecule has 3 nitrogen and oxygen atoms in total. The van der Waals surface area contributed by atoms with Crippen LogP contribution < -0.4 is 5.73 Å². The molecule has 0 fully saturated rings. The molecule has 0 heterocycles. The maximum absolute atomic E-state index is 13.4. The van der Waals surface area contributed by atoms with Gasteiger partial charge in [0.15, 0.2) is 0 Å². The van der Waals surface area contributed by atoms with Gasteiger partial charge in [0.05, 0.1) is 0 Å². The summed E-state index contributed by atoms with van der Waals surface area (Å²) in [6.07, 6.45) is 1.53. The average molecular weight is 209 g/mol. The minimum atomic E-state index is -1.42. The lowest BCUT2D eigenvalue weighted by atomic mass is 9.77. The van der Waals surface area contributed by atoms with Crippen molar-refractivity contribution in [3.05, 3.63) is 35.1 Å². The number of hydrogen-bond donors (Lipinski definition) is 2. The highest BCUT2D eigenvalue weighted by Gasteiger charge is 2.40. The summed E-state index contributed by atoms with van der Waals surface area (Å²) in [4.78, 5) is 11.1. The van der Waals surface area contributed by atoms with Gasteiger partial charge in [0.1, 0.15) is 11.4 Å². The van der Waals surface area contributed by atoms with Crippen molar-refractivity contribution >= 4 is 5.97 Å². The molecule has 2 rings (SSSR count). The monoisotopic (exact) mass is 209 g/mol. The van der Waals surface area contributed by atoms with E-state index in [1.54, 1.807) is 6.07 Å². The van der Waals surface area contributed by atoms with Gasteiger partial charge < -0.3 is 10.8 Å². The fourth-order valence-electron chi connectivity index (χ4n) is 2.13. The van der Waals surface area contributed by atoms with E-state index in [0.717, 1.165) is 0 Å². The summed E-state index contributed by atoms with van der Waals surface area (Å²) in [5, 5.41) is 9.09. The molecule has 0 saturated heterocycles. The fourth-order valence-corrected chi connectivity index (χ4v) is 2.13. The smallest absolute Gasteiger partial charge is 0.328 e. The van der Waals surface area contributed by atoms with E-state index in [4.69, 9.17) is 10.8 Å². The summed E-state index contributed by atoms with van der Waals surface area (Å²) < 4.78 is 13.4. The van der Waals surface area contributed by atoms with Crippen LogP contribution in [0.3, 0.4) is 0 Å². The number of rotatable bonds is 1. The summed E-state index contributed by atoms with van der Waals surface area (Å²) in [7, 11) is 0. The molecule has 1 aliphatic carbocycles. The largest absolute Gasteiger partial charge is 0.480 e. The second-order valence-corrected chi connectivity index (χ2v) is 3.90. The molecular weight excluding hydrogens is 197 g/mol. The lowest BCUT2D eigenvalue weighted by Gasteiger charge is -2.31. The molecular formula is C11H12FNO2. The second kappa shape index (κ2) is 3.31. The van der Waals surface area contributed by atoms with Gasteiger partial charge >= 0.3 is 5.97 Å². The van der Waals surface area contributed by atoms with Crippen molar-refractivity contribution in [2.75, 3.05) is 0 Å². The lowest BCUT2D eigenvalue weighted by Crippen LogP contribution is -2.47. The Morgan fingerprint density at radius 1 is 1.53 bits per heavy atom. The van der Waals surface area contributed by atoms with Gasteiger partial charge in [0, 0.05) is 0 Å². The van der Waals surface area contributed by atoms with Gasteiger partial charge in [-0.15, -0.1) is 0 Å². The fraction of sp³-hybridized carbons (Fsp3) is 0.364. The predicted molar refractivity (Wildman–Crippen MR) is 52.8 cm³/mol. The molecule has 0 aliphatic heterocycles. The first-order valence-electron chi connectivity index (χ1n) is 4.86. The van der Waals surface area contributed by atoms with Gasteiger partial charge in [-0.2, -0.15) is 0 Å². The van der Waals surface area contributed by atoms with Crippen molar-refractivity contribution < 1.29 is 14.3 Å². The molecule has 0 amide bonds. The summed E-state index contributed by atoms with van der Waals surface area (Å²) >= 11 is 0. The summed E-state index contributed by atoms with van der Waals surface area (Å²) in [6.45, 7) is 0. The topological polar surface area (TPSA) is 63.3 Å². The summed E-state index contributed by atoms with van der Waals surface area (Å²) in [6, 6.07) is 4.45. The zero-order valence-corrected chi connectivity index (χ0v) is 8.16. The Labute approximate surface area is 86.7 Å². The van der Waals surface area contributed by atoms with E-state index in [-0.39, 0.29) is 5.82 Å². The van der Waals surface area contributed by atoms with Crippen LogP contribution in [0.25, 0.3) is 0 Å². The third kappa shape index (κ3) is 1.41. The molecule has 1 aromatic rings. The number of carboxylic acid groups (broad SMARTS) is 1. The first-order chi connectivity index (χ1) is 7.05. The van der Waals surface area contributed by atoms with Crippen LogP contribution in [0.5, 0.6) is 0 Å². The standard InChI is InChI=1S/C11H12FNO2/c12-9-5-1-4-8-7(9)3-2-6-11(8,13)10(14)15/h1,4-5H,2-3,6,13H2,(H,14,15). The van der Waals surface area contributed by atoms with Crippen molar-refractivity contribution in [1.29, 1.82) is 0 Å². The van der Waals surface area contributed by atoms with Gasteiger partial charge in [0.2, 0.25) is 0 Å². The van der Waals surface area contributed by atoms with Crippen LogP contribution in [0.15, 0.2) is 18.2 Å². The molecule has 1 atom stereocenters. The Hall–Kier alpha value is -1.42. The van der Waals surface area contributed by atoms with Gasteiger partial charge in [-0.05, 0) is 36.5 Å². The Balaban J connectivity index is 2.61. The molecule has 0 saturated carbocycles. The zero-order chi connectivity index (χ0) is 11.1. The number of hydrogen-bond acceptors (Lipinski definition) is 2. The highest BCUT2D eigenvalue weighted by Crippen LogP contribution is 2.34. The number of benzene rings is 1. The molecule has 4 heteroatoms. The summed E-state index contributed by atoms with van der Waals surface area (Å²) in [5.74, 6) is -1.45. The van der Waals surface area contributed by atoms with Gasteiger partial charge in [-0.3, -0.25) is 0 Å². The Kier molecular flexibility index (Phi) is 2.23. The number of halogens is 1. The van der Waals surface area contributed by atoms with Crippen molar-refractivity contribution in [3.63, 3.8) is 0 Å². The molecule has 1 aliphatic rings. The molecule has 15 heavy (non-hydrogen) atoms. The van der Waals surface area contributed by atoms with E-state index in [2.05, 4.69) is 0 Å². The normalized spacial score (nSPS) is 24.7. The van der Waals surface area contributed by atoms with Crippen LogP contribution in [0.4, 0.5) is 4.39 Å². The van der Waals surface area contributed by atoms with Crippen LogP contribution in [-0.4, -0.2) is 11.1 Å². The van der Waals surface area contributed by atoms with Crippen LogP contribution >= 0.6 is 0 Å². The molecule has 0 radical (unpaired) electrons. The number of carbonyl (C=O) groups is 1. The first kappa shape index (κ1) is 10.1. The second-order valence-electron chi connectivity index (χ2n) is 3.90. The third-order valence-corrected chi connectivity index (χ3v) is 2.98. The Morgan fingerprint density at radius 2 is 2.27 bits per heavy atom. The molecule has 0 aromatic heterocycles. The van der Waals surface area contributed by atoms with Crippen LogP contribution in [0.2, 0.25) is 0 Å². The first-order valence-corrected chi connectivity index (χ1v) is 4.86. The molecule has 1 aromatic carbocycles. The van der Waals surface area contributed by atoms with Crippen molar-refractivity contribution in [1.82, 2.24) is 0 Å². The van der Waals surface area contributed by atoms with E-state index in [1.165, 1.54) is 12.1 Å².